The molecular formula is C26H24N4. The molecule has 148 valence electrons. The van der Waals surface area contributed by atoms with Gasteiger partial charge in [-0.1, -0.05) is 42.5 Å². The summed E-state index contributed by atoms with van der Waals surface area (Å²) in [5, 5.41) is 21.2. The van der Waals surface area contributed by atoms with Crippen molar-refractivity contribution in [2.75, 3.05) is 11.1 Å². The topological polar surface area (TPSA) is 85.7 Å². The molecule has 4 heteroatoms. The van der Waals surface area contributed by atoms with Gasteiger partial charge in [-0.2, -0.15) is 5.26 Å². The molecule has 3 aromatic rings. The molecule has 0 aromatic heterocycles. The van der Waals surface area contributed by atoms with Crippen molar-refractivity contribution in [3.63, 3.8) is 0 Å². The first-order valence-electron chi connectivity index (χ1n) is 10.1. The van der Waals surface area contributed by atoms with Crippen LogP contribution in [0.15, 0.2) is 72.8 Å². The van der Waals surface area contributed by atoms with E-state index in [0.717, 1.165) is 30.5 Å². The fourth-order valence-electron chi connectivity index (χ4n) is 3.95. The molecule has 1 aliphatic rings. The normalized spacial score (nSPS) is 15.4. The first-order chi connectivity index (χ1) is 14.6. The van der Waals surface area contributed by atoms with E-state index in [9.17, 15) is 0 Å². The molecule has 0 aliphatic heterocycles. The molecule has 0 bridgehead atoms. The number of anilines is 2. The van der Waals surface area contributed by atoms with E-state index in [-0.39, 0.29) is 6.04 Å². The first kappa shape index (κ1) is 19.5. The monoisotopic (exact) mass is 392 g/mol. The number of nitrogens with two attached hydrogens (primary N) is 1. The summed E-state index contributed by atoms with van der Waals surface area (Å²) >= 11 is 0. The molecule has 30 heavy (non-hydrogen) atoms. The number of nitrogens with one attached hydrogen (secondary N) is 2. The second kappa shape index (κ2) is 8.67. The Kier molecular flexibility index (Phi) is 5.63. The maximum atomic E-state index is 9.16. The fourth-order valence-corrected chi connectivity index (χ4v) is 3.95. The third-order valence-corrected chi connectivity index (χ3v) is 5.51. The Morgan fingerprint density at radius 2 is 1.93 bits per heavy atom. The van der Waals surface area contributed by atoms with Gasteiger partial charge in [-0.15, -0.1) is 0 Å². The number of rotatable bonds is 5. The van der Waals surface area contributed by atoms with Crippen molar-refractivity contribution in [2.24, 2.45) is 0 Å². The van der Waals surface area contributed by atoms with Gasteiger partial charge < -0.3 is 16.5 Å². The van der Waals surface area contributed by atoms with Gasteiger partial charge in [0.05, 0.1) is 23.4 Å². The van der Waals surface area contributed by atoms with Crippen molar-refractivity contribution < 1.29 is 0 Å². The maximum Gasteiger partial charge on any atom is 0.0991 e. The van der Waals surface area contributed by atoms with E-state index >= 15 is 0 Å². The highest BCUT2D eigenvalue weighted by molar-refractivity contribution is 6.12. The molecule has 1 atom stereocenters. The summed E-state index contributed by atoms with van der Waals surface area (Å²) < 4.78 is 0. The van der Waals surface area contributed by atoms with Crippen LogP contribution in [0.2, 0.25) is 0 Å². The van der Waals surface area contributed by atoms with Gasteiger partial charge in [0.15, 0.2) is 0 Å². The van der Waals surface area contributed by atoms with Gasteiger partial charge in [-0.05, 0) is 72.4 Å². The van der Waals surface area contributed by atoms with Gasteiger partial charge in [0, 0.05) is 16.9 Å². The maximum absolute atomic E-state index is 9.16. The Morgan fingerprint density at radius 3 is 2.73 bits per heavy atom. The van der Waals surface area contributed by atoms with E-state index in [2.05, 4.69) is 17.5 Å². The molecule has 4 rings (SSSR count). The van der Waals surface area contributed by atoms with Crippen LogP contribution in [0.3, 0.4) is 0 Å². The Balaban J connectivity index is 1.55. The second-order valence-corrected chi connectivity index (χ2v) is 7.57. The molecule has 4 nitrogen and oxygen atoms in total. The summed E-state index contributed by atoms with van der Waals surface area (Å²) in [4.78, 5) is 0. The average molecular weight is 393 g/mol. The van der Waals surface area contributed by atoms with Gasteiger partial charge in [0.25, 0.3) is 0 Å². The van der Waals surface area contributed by atoms with Gasteiger partial charge in [-0.3, -0.25) is 0 Å². The highest BCUT2D eigenvalue weighted by Crippen LogP contribution is 2.33. The molecule has 1 aliphatic carbocycles. The van der Waals surface area contributed by atoms with E-state index in [1.54, 1.807) is 6.08 Å². The Bertz CT molecular complexity index is 1140. The minimum absolute atomic E-state index is 0.187. The predicted molar refractivity (Wildman–Crippen MR) is 124 cm³/mol. The van der Waals surface area contributed by atoms with E-state index in [1.807, 2.05) is 66.7 Å². The Labute approximate surface area is 177 Å². The zero-order chi connectivity index (χ0) is 20.9. The molecule has 0 heterocycles. The van der Waals surface area contributed by atoms with Gasteiger partial charge in [0.1, 0.15) is 0 Å². The fraction of sp³-hybridized carbons (Fsp3) is 0.154. The molecule has 4 N–H and O–H groups in total. The molecule has 1 unspecified atom stereocenters. The molecule has 0 saturated carbocycles. The van der Waals surface area contributed by atoms with Crippen molar-refractivity contribution >= 4 is 23.2 Å². The molecule has 0 saturated heterocycles. The largest absolute Gasteiger partial charge is 0.398 e. The van der Waals surface area contributed by atoms with Gasteiger partial charge >= 0.3 is 0 Å². The quantitative estimate of drug-likeness (QED) is 0.384. The van der Waals surface area contributed by atoms with Crippen molar-refractivity contribution in [3.8, 4) is 6.07 Å². The van der Waals surface area contributed by atoms with E-state index in [1.165, 1.54) is 11.1 Å². The van der Waals surface area contributed by atoms with Crippen LogP contribution >= 0.6 is 0 Å². The molecule has 0 amide bonds. The lowest BCUT2D eigenvalue weighted by molar-refractivity contribution is 0.600. The van der Waals surface area contributed by atoms with Crippen LogP contribution in [0, 0.1) is 16.7 Å². The van der Waals surface area contributed by atoms with Crippen LogP contribution < -0.4 is 11.1 Å². The molecule has 0 radical (unpaired) electrons. The number of fused-ring (bicyclic) bond motifs is 1. The molecule has 3 aromatic carbocycles. The van der Waals surface area contributed by atoms with Crippen LogP contribution in [-0.2, 0) is 6.42 Å². The number of nitrogens with zero attached hydrogens (tertiary/aromatic N) is 1. The minimum atomic E-state index is 0.187. The Hall–Kier alpha value is -3.84. The van der Waals surface area contributed by atoms with Crippen LogP contribution in [0.25, 0.3) is 6.08 Å². The van der Waals surface area contributed by atoms with Crippen molar-refractivity contribution in [1.82, 2.24) is 0 Å². The van der Waals surface area contributed by atoms with Gasteiger partial charge in [0.2, 0.25) is 0 Å². The molecular weight excluding hydrogens is 368 g/mol. The lowest BCUT2D eigenvalue weighted by atomic mass is 9.86. The van der Waals surface area contributed by atoms with E-state index in [4.69, 9.17) is 16.4 Å². The third-order valence-electron chi connectivity index (χ3n) is 5.51. The SMILES string of the molecule is N#Cc1ccc2c(c1)CCCC2Nc1ccc(N)c(C(=N)/C=C/c2ccccc2)c1. The number of benzene rings is 3. The summed E-state index contributed by atoms with van der Waals surface area (Å²) in [6.45, 7) is 0. The van der Waals surface area contributed by atoms with Crippen LogP contribution in [0.1, 0.15) is 46.7 Å². The lowest BCUT2D eigenvalue weighted by Crippen LogP contribution is -2.18. The first-order valence-corrected chi connectivity index (χ1v) is 10.1. The number of nitriles is 1. The van der Waals surface area contributed by atoms with Crippen LogP contribution in [0.5, 0.6) is 0 Å². The lowest BCUT2D eigenvalue weighted by Gasteiger charge is -2.27. The highest BCUT2D eigenvalue weighted by Gasteiger charge is 2.20. The summed E-state index contributed by atoms with van der Waals surface area (Å²) in [7, 11) is 0. The van der Waals surface area contributed by atoms with Crippen molar-refractivity contribution in [3.05, 3.63) is 101 Å². The smallest absolute Gasteiger partial charge is 0.0991 e. The Morgan fingerprint density at radius 1 is 1.10 bits per heavy atom. The zero-order valence-electron chi connectivity index (χ0n) is 16.7. The summed E-state index contributed by atoms with van der Waals surface area (Å²) in [5.74, 6) is 0. The number of nitrogen functional groups attached to an aromatic ring is 1. The molecule has 0 fully saturated rings. The number of hydrogen-bond acceptors (Lipinski definition) is 4. The number of allylic oxidation sites excluding steroid dienone is 1. The standard InChI is InChI=1S/C26H24N4/c27-17-19-9-12-22-20(15-19)7-4-8-26(22)30-21-11-14-25(29)23(16-21)24(28)13-10-18-5-2-1-3-6-18/h1-3,5-6,9-16,26,28,30H,4,7-8,29H2/b13-10+,28-24?. The average Bonchev–Trinajstić information content (AvgIpc) is 2.79. The van der Waals surface area contributed by atoms with Gasteiger partial charge in [-0.25, -0.2) is 0 Å². The van der Waals surface area contributed by atoms with Crippen LogP contribution in [-0.4, -0.2) is 5.71 Å². The summed E-state index contributed by atoms with van der Waals surface area (Å²) in [5.41, 5.74) is 13.0. The second-order valence-electron chi connectivity index (χ2n) is 7.57. The highest BCUT2D eigenvalue weighted by atomic mass is 14.9. The summed E-state index contributed by atoms with van der Waals surface area (Å²) in [6, 6.07) is 24.1. The van der Waals surface area contributed by atoms with Crippen molar-refractivity contribution in [1.29, 1.82) is 10.7 Å². The summed E-state index contributed by atoms with van der Waals surface area (Å²) in [6.07, 6.45) is 6.82. The van der Waals surface area contributed by atoms with Crippen molar-refractivity contribution in [2.45, 2.75) is 25.3 Å². The minimum Gasteiger partial charge on any atom is -0.398 e. The molecule has 0 spiro atoms. The van der Waals surface area contributed by atoms with Crippen LogP contribution in [0.4, 0.5) is 11.4 Å². The third kappa shape index (κ3) is 4.26. The number of hydrogen-bond donors (Lipinski definition) is 3. The van der Waals surface area contributed by atoms with E-state index < -0.39 is 0 Å². The van der Waals surface area contributed by atoms with E-state index in [0.29, 0.717) is 22.5 Å². The predicted octanol–water partition coefficient (Wildman–Crippen LogP) is 5.71. The number of aryl methyl sites for hydroxylation is 1. The zero-order valence-corrected chi connectivity index (χ0v) is 16.7.